The predicted molar refractivity (Wildman–Crippen MR) is 88.4 cm³/mol. The van der Waals surface area contributed by atoms with Gasteiger partial charge in [0.05, 0.1) is 5.39 Å². The second-order valence-electron chi connectivity index (χ2n) is 6.70. The van der Waals surface area contributed by atoms with Gasteiger partial charge in [0.25, 0.3) is 11.5 Å². The number of fused-ring (bicyclic) bond motifs is 2. The summed E-state index contributed by atoms with van der Waals surface area (Å²) in [5.41, 5.74) is 0.137. The Bertz CT molecular complexity index is 796. The molecule has 0 bridgehead atoms. The summed E-state index contributed by atoms with van der Waals surface area (Å²) in [5, 5.41) is 7.75. The number of aromatic amines is 1. The number of hydrogen-bond acceptors (Lipinski definition) is 3. The number of piperidine rings is 1. The van der Waals surface area contributed by atoms with Gasteiger partial charge in [0.2, 0.25) is 0 Å². The Morgan fingerprint density at radius 2 is 1.83 bits per heavy atom. The van der Waals surface area contributed by atoms with Gasteiger partial charge in [-0.3, -0.25) is 9.59 Å². The Labute approximate surface area is 134 Å². The maximum absolute atomic E-state index is 13.1. The number of rotatable bonds is 1. The summed E-state index contributed by atoms with van der Waals surface area (Å²) >= 11 is 0. The number of nitrogens with zero attached hydrogens (tertiary/aromatic N) is 2. The number of carbonyl (C=O) groups excluding carboxylic acids is 1. The zero-order chi connectivity index (χ0) is 15.8. The lowest BCUT2D eigenvalue weighted by atomic mass is 9.78. The summed E-state index contributed by atoms with van der Waals surface area (Å²) in [6.45, 7) is 0.801. The van der Waals surface area contributed by atoms with Crippen LogP contribution in [0.3, 0.4) is 0 Å². The third kappa shape index (κ3) is 2.44. The number of benzene rings is 1. The third-order valence-electron chi connectivity index (χ3n) is 5.40. The lowest BCUT2D eigenvalue weighted by molar-refractivity contribution is 0.0386. The largest absolute Gasteiger partial charge is 0.334 e. The number of nitrogens with one attached hydrogen (secondary N) is 1. The molecule has 1 aliphatic heterocycles. The van der Waals surface area contributed by atoms with Crippen LogP contribution in [0.2, 0.25) is 0 Å². The maximum Gasteiger partial charge on any atom is 0.275 e. The van der Waals surface area contributed by atoms with E-state index in [4.69, 9.17) is 0 Å². The van der Waals surface area contributed by atoms with Crippen molar-refractivity contribution in [3.05, 3.63) is 40.3 Å². The molecule has 1 amide bonds. The second-order valence-corrected chi connectivity index (χ2v) is 6.70. The molecule has 0 radical (unpaired) electrons. The standard InChI is InChI=1S/C18H21N3O2/c22-17-14-9-3-2-8-13(14)16(19-20-17)18(23)21-11-5-7-12-6-1-4-10-15(12)21/h2-3,8-9,12,15H,1,4-7,10-11H2,(H,20,22)/t12-,15+/m0/s1. The highest BCUT2D eigenvalue weighted by Gasteiger charge is 2.36. The van der Waals surface area contributed by atoms with Crippen molar-refractivity contribution < 1.29 is 4.79 Å². The summed E-state index contributed by atoms with van der Waals surface area (Å²) in [4.78, 5) is 27.1. The fraction of sp³-hybridized carbons (Fsp3) is 0.500. The van der Waals surface area contributed by atoms with E-state index in [1.54, 1.807) is 6.07 Å². The molecule has 1 N–H and O–H groups in total. The van der Waals surface area contributed by atoms with Crippen LogP contribution < -0.4 is 5.56 Å². The van der Waals surface area contributed by atoms with E-state index in [9.17, 15) is 9.59 Å². The van der Waals surface area contributed by atoms with Gasteiger partial charge in [-0.1, -0.05) is 31.0 Å². The van der Waals surface area contributed by atoms with Crippen molar-refractivity contribution in [1.29, 1.82) is 0 Å². The molecule has 1 aliphatic carbocycles. The van der Waals surface area contributed by atoms with Crippen molar-refractivity contribution in [3.8, 4) is 0 Å². The molecular weight excluding hydrogens is 290 g/mol. The van der Waals surface area contributed by atoms with Crippen molar-refractivity contribution in [2.75, 3.05) is 6.54 Å². The van der Waals surface area contributed by atoms with E-state index in [1.165, 1.54) is 25.7 Å². The first kappa shape index (κ1) is 14.4. The van der Waals surface area contributed by atoms with Crippen molar-refractivity contribution in [2.24, 2.45) is 5.92 Å². The van der Waals surface area contributed by atoms with E-state index in [1.807, 2.05) is 23.1 Å². The molecule has 23 heavy (non-hydrogen) atoms. The second kappa shape index (κ2) is 5.80. The smallest absolute Gasteiger partial charge is 0.275 e. The molecule has 2 fully saturated rings. The van der Waals surface area contributed by atoms with Crippen molar-refractivity contribution in [2.45, 2.75) is 44.6 Å². The van der Waals surface area contributed by atoms with E-state index < -0.39 is 0 Å². The Balaban J connectivity index is 1.74. The normalized spacial score (nSPS) is 24.4. The summed E-state index contributed by atoms with van der Waals surface area (Å²) in [6.07, 6.45) is 7.10. The summed E-state index contributed by atoms with van der Waals surface area (Å²) < 4.78 is 0. The monoisotopic (exact) mass is 311 g/mol. The van der Waals surface area contributed by atoms with Gasteiger partial charge in [0, 0.05) is 18.0 Å². The summed E-state index contributed by atoms with van der Waals surface area (Å²) in [6, 6.07) is 7.56. The molecule has 1 saturated heterocycles. The van der Waals surface area contributed by atoms with Crippen LogP contribution in [0.15, 0.2) is 29.1 Å². The topological polar surface area (TPSA) is 66.1 Å². The highest BCUT2D eigenvalue weighted by molar-refractivity contribution is 6.04. The predicted octanol–water partition coefficient (Wildman–Crippen LogP) is 2.72. The van der Waals surface area contributed by atoms with Crippen LogP contribution in [0.5, 0.6) is 0 Å². The van der Waals surface area contributed by atoms with Gasteiger partial charge in [0.15, 0.2) is 5.69 Å². The third-order valence-corrected chi connectivity index (χ3v) is 5.40. The van der Waals surface area contributed by atoms with E-state index in [-0.39, 0.29) is 11.5 Å². The molecule has 1 saturated carbocycles. The van der Waals surface area contributed by atoms with Gasteiger partial charge in [-0.15, -0.1) is 0 Å². The first-order valence-electron chi connectivity index (χ1n) is 8.54. The average molecular weight is 311 g/mol. The molecule has 2 heterocycles. The van der Waals surface area contributed by atoms with Crippen LogP contribution in [-0.2, 0) is 0 Å². The summed E-state index contributed by atoms with van der Waals surface area (Å²) in [7, 11) is 0. The van der Waals surface area contributed by atoms with Crippen molar-refractivity contribution >= 4 is 16.7 Å². The van der Waals surface area contributed by atoms with Gasteiger partial charge in [-0.05, 0) is 37.7 Å². The number of aromatic nitrogens is 2. The van der Waals surface area contributed by atoms with Gasteiger partial charge in [-0.2, -0.15) is 5.10 Å². The van der Waals surface area contributed by atoms with E-state index in [2.05, 4.69) is 10.2 Å². The van der Waals surface area contributed by atoms with Crippen LogP contribution in [0.1, 0.15) is 49.0 Å². The zero-order valence-corrected chi connectivity index (χ0v) is 13.1. The number of carbonyl (C=O) groups is 1. The fourth-order valence-corrected chi connectivity index (χ4v) is 4.29. The molecule has 4 rings (SSSR count). The molecule has 5 heteroatoms. The molecule has 2 aliphatic rings. The first-order valence-corrected chi connectivity index (χ1v) is 8.54. The minimum Gasteiger partial charge on any atom is -0.334 e. The van der Waals surface area contributed by atoms with E-state index in [0.717, 1.165) is 19.4 Å². The highest BCUT2D eigenvalue weighted by Crippen LogP contribution is 2.36. The van der Waals surface area contributed by atoms with Crippen LogP contribution >= 0.6 is 0 Å². The fourth-order valence-electron chi connectivity index (χ4n) is 4.29. The van der Waals surface area contributed by atoms with Crippen LogP contribution in [0.25, 0.3) is 10.8 Å². The van der Waals surface area contributed by atoms with E-state index in [0.29, 0.717) is 28.4 Å². The molecular formula is C18H21N3O2. The Morgan fingerprint density at radius 3 is 2.70 bits per heavy atom. The maximum atomic E-state index is 13.1. The lowest BCUT2D eigenvalue weighted by Gasteiger charge is -2.44. The SMILES string of the molecule is O=C(c1n[nH]c(=O)c2ccccc12)N1CCC[C@@H]2CCCC[C@H]21. The highest BCUT2D eigenvalue weighted by atomic mass is 16.2. The number of likely N-dealkylation sites (tertiary alicyclic amines) is 1. The minimum atomic E-state index is -0.244. The van der Waals surface area contributed by atoms with Crippen LogP contribution in [0.4, 0.5) is 0 Å². The molecule has 1 aromatic carbocycles. The van der Waals surface area contributed by atoms with Crippen molar-refractivity contribution in [1.82, 2.24) is 15.1 Å². The summed E-state index contributed by atoms with van der Waals surface area (Å²) in [5.74, 6) is 0.601. The Kier molecular flexibility index (Phi) is 3.63. The number of hydrogen-bond donors (Lipinski definition) is 1. The molecule has 2 atom stereocenters. The van der Waals surface area contributed by atoms with Gasteiger partial charge in [-0.25, -0.2) is 5.10 Å². The van der Waals surface area contributed by atoms with Gasteiger partial charge < -0.3 is 4.90 Å². The van der Waals surface area contributed by atoms with Crippen LogP contribution in [0, 0.1) is 5.92 Å². The number of amides is 1. The van der Waals surface area contributed by atoms with Gasteiger partial charge >= 0.3 is 0 Å². The Morgan fingerprint density at radius 1 is 1.09 bits per heavy atom. The molecule has 0 spiro atoms. The average Bonchev–Trinajstić information content (AvgIpc) is 2.61. The van der Waals surface area contributed by atoms with Gasteiger partial charge in [0.1, 0.15) is 0 Å². The molecule has 5 nitrogen and oxygen atoms in total. The number of H-pyrrole nitrogens is 1. The molecule has 1 aromatic heterocycles. The van der Waals surface area contributed by atoms with Crippen LogP contribution in [-0.4, -0.2) is 33.6 Å². The van der Waals surface area contributed by atoms with Crippen molar-refractivity contribution in [3.63, 3.8) is 0 Å². The first-order chi connectivity index (χ1) is 11.3. The lowest BCUT2D eigenvalue weighted by Crippen LogP contribution is -2.50. The Hall–Kier alpha value is -2.17. The molecule has 2 aromatic rings. The van der Waals surface area contributed by atoms with E-state index >= 15 is 0 Å². The minimum absolute atomic E-state index is 0.0333. The zero-order valence-electron chi connectivity index (χ0n) is 13.1. The quantitative estimate of drug-likeness (QED) is 0.880. The molecule has 120 valence electrons. The molecule has 0 unspecified atom stereocenters.